The van der Waals surface area contributed by atoms with Crippen molar-refractivity contribution >= 4 is 11.8 Å². The zero-order valence-corrected chi connectivity index (χ0v) is 11.0. The predicted octanol–water partition coefficient (Wildman–Crippen LogP) is 3.35. The lowest BCUT2D eigenvalue weighted by molar-refractivity contribution is -0.141. The highest BCUT2D eigenvalue weighted by Gasteiger charge is 2.45. The minimum absolute atomic E-state index is 0.166. The highest BCUT2D eigenvalue weighted by Crippen LogP contribution is 2.51. The molecular formula is C13H14F3NOS. The van der Waals surface area contributed by atoms with Gasteiger partial charge in [-0.15, -0.1) is 0 Å². The number of aliphatic hydroxyl groups is 1. The lowest BCUT2D eigenvalue weighted by atomic mass is 9.89. The monoisotopic (exact) mass is 289 g/mol. The Bertz CT molecular complexity index is 479. The van der Waals surface area contributed by atoms with Gasteiger partial charge in [-0.25, -0.2) is 4.98 Å². The lowest BCUT2D eigenvalue weighted by Crippen LogP contribution is -2.36. The number of nitrogens with zero attached hydrogens (tertiary/aromatic N) is 1. The molecule has 2 nitrogen and oxygen atoms in total. The van der Waals surface area contributed by atoms with Crippen molar-refractivity contribution in [2.24, 2.45) is 0 Å². The largest absolute Gasteiger partial charge is 0.433 e. The van der Waals surface area contributed by atoms with Crippen molar-refractivity contribution in [2.45, 2.75) is 48.0 Å². The number of halogens is 3. The van der Waals surface area contributed by atoms with Gasteiger partial charge in [0.2, 0.25) is 0 Å². The molecule has 2 unspecified atom stereocenters. The molecule has 0 spiro atoms. The van der Waals surface area contributed by atoms with Crippen LogP contribution in [0.25, 0.3) is 0 Å². The van der Waals surface area contributed by atoms with E-state index in [0.29, 0.717) is 23.3 Å². The minimum Gasteiger partial charge on any atom is -0.383 e. The summed E-state index contributed by atoms with van der Waals surface area (Å²) in [6.45, 7) is 0. The molecule has 0 aliphatic carbocycles. The van der Waals surface area contributed by atoms with Crippen LogP contribution in [0.2, 0.25) is 0 Å². The highest BCUT2D eigenvalue weighted by molar-refractivity contribution is 8.00. The van der Waals surface area contributed by atoms with Crippen LogP contribution in [0.15, 0.2) is 18.2 Å². The Morgan fingerprint density at radius 2 is 1.84 bits per heavy atom. The third-order valence-electron chi connectivity index (χ3n) is 3.84. The van der Waals surface area contributed by atoms with Crippen LogP contribution in [0.1, 0.15) is 37.1 Å². The predicted molar refractivity (Wildman–Crippen MR) is 66.8 cm³/mol. The third-order valence-corrected chi connectivity index (χ3v) is 5.42. The van der Waals surface area contributed by atoms with E-state index in [0.717, 1.165) is 18.9 Å². The Balaban J connectivity index is 1.93. The van der Waals surface area contributed by atoms with E-state index < -0.39 is 17.5 Å². The van der Waals surface area contributed by atoms with Gasteiger partial charge in [0, 0.05) is 10.5 Å². The van der Waals surface area contributed by atoms with E-state index in [-0.39, 0.29) is 5.69 Å². The molecule has 2 aliphatic rings. The first kappa shape index (κ1) is 13.2. The Morgan fingerprint density at radius 3 is 2.42 bits per heavy atom. The summed E-state index contributed by atoms with van der Waals surface area (Å²) in [7, 11) is 0. The Morgan fingerprint density at radius 1 is 1.21 bits per heavy atom. The zero-order valence-electron chi connectivity index (χ0n) is 10.2. The molecule has 1 N–H and O–H groups in total. The van der Waals surface area contributed by atoms with Crippen LogP contribution in [-0.4, -0.2) is 20.6 Å². The number of hydrogen-bond acceptors (Lipinski definition) is 3. The van der Waals surface area contributed by atoms with E-state index in [9.17, 15) is 18.3 Å². The molecule has 104 valence electrons. The maximum Gasteiger partial charge on any atom is 0.433 e. The van der Waals surface area contributed by atoms with E-state index in [1.807, 2.05) is 11.8 Å². The molecule has 3 rings (SSSR count). The van der Waals surface area contributed by atoms with Crippen LogP contribution in [0.4, 0.5) is 13.2 Å². The molecule has 3 heterocycles. The van der Waals surface area contributed by atoms with Crippen molar-refractivity contribution < 1.29 is 18.3 Å². The minimum atomic E-state index is -4.46. The molecule has 1 aromatic heterocycles. The maximum absolute atomic E-state index is 12.7. The fraction of sp³-hybridized carbons (Fsp3) is 0.615. The average Bonchev–Trinajstić information content (AvgIpc) is 2.68. The summed E-state index contributed by atoms with van der Waals surface area (Å²) in [5, 5.41) is 11.4. The molecule has 1 aromatic rings. The molecular weight excluding hydrogens is 275 g/mol. The molecule has 0 amide bonds. The van der Waals surface area contributed by atoms with Crippen molar-refractivity contribution in [3.63, 3.8) is 0 Å². The standard InChI is InChI=1S/C13H14F3NOS/c14-13(15,16)11-3-1-2-10(17-11)12(18)6-8-4-5-9(7-12)19-8/h1-3,8-9,18H,4-7H2. The van der Waals surface area contributed by atoms with Crippen molar-refractivity contribution in [1.82, 2.24) is 4.98 Å². The summed E-state index contributed by atoms with van der Waals surface area (Å²) in [6.07, 6.45) is -1.38. The van der Waals surface area contributed by atoms with Gasteiger partial charge < -0.3 is 5.11 Å². The number of rotatable bonds is 1. The van der Waals surface area contributed by atoms with Gasteiger partial charge >= 0.3 is 6.18 Å². The fourth-order valence-corrected chi connectivity index (χ4v) is 4.81. The first-order valence-corrected chi connectivity index (χ1v) is 7.24. The Hall–Kier alpha value is -0.750. The van der Waals surface area contributed by atoms with Crippen LogP contribution < -0.4 is 0 Å². The van der Waals surface area contributed by atoms with Gasteiger partial charge in [-0.05, 0) is 37.8 Å². The molecule has 2 fully saturated rings. The summed E-state index contributed by atoms with van der Waals surface area (Å²) < 4.78 is 38.0. The van der Waals surface area contributed by atoms with Gasteiger partial charge in [0.25, 0.3) is 0 Å². The Kier molecular flexibility index (Phi) is 3.05. The van der Waals surface area contributed by atoms with Gasteiger partial charge in [-0.2, -0.15) is 24.9 Å². The van der Waals surface area contributed by atoms with E-state index >= 15 is 0 Å². The first-order chi connectivity index (χ1) is 8.87. The molecule has 2 aliphatic heterocycles. The van der Waals surface area contributed by atoms with E-state index in [4.69, 9.17) is 0 Å². The van der Waals surface area contributed by atoms with Gasteiger partial charge in [-0.1, -0.05) is 6.07 Å². The third kappa shape index (κ3) is 2.48. The summed E-state index contributed by atoms with van der Waals surface area (Å²) in [6, 6.07) is 3.77. The number of pyridine rings is 1. The number of aromatic nitrogens is 1. The van der Waals surface area contributed by atoms with E-state index in [1.54, 1.807) is 0 Å². The molecule has 0 aromatic carbocycles. The smallest absolute Gasteiger partial charge is 0.383 e. The number of fused-ring (bicyclic) bond motifs is 2. The van der Waals surface area contributed by atoms with Crippen LogP contribution in [0.3, 0.4) is 0 Å². The number of thioether (sulfide) groups is 1. The maximum atomic E-state index is 12.7. The average molecular weight is 289 g/mol. The topological polar surface area (TPSA) is 33.1 Å². The molecule has 19 heavy (non-hydrogen) atoms. The number of hydrogen-bond donors (Lipinski definition) is 1. The highest BCUT2D eigenvalue weighted by atomic mass is 32.2. The van der Waals surface area contributed by atoms with Crippen molar-refractivity contribution in [1.29, 1.82) is 0 Å². The molecule has 0 radical (unpaired) electrons. The molecule has 0 saturated carbocycles. The van der Waals surface area contributed by atoms with Crippen molar-refractivity contribution in [2.75, 3.05) is 0 Å². The Labute approximate surface area is 113 Å². The fourth-order valence-electron chi connectivity index (χ4n) is 2.98. The van der Waals surface area contributed by atoms with E-state index in [1.165, 1.54) is 12.1 Å². The summed E-state index contributed by atoms with van der Waals surface area (Å²) in [5.74, 6) is 0. The van der Waals surface area contributed by atoms with Crippen molar-refractivity contribution in [3.8, 4) is 0 Å². The lowest BCUT2D eigenvalue weighted by Gasteiger charge is -2.35. The van der Waals surface area contributed by atoms with Gasteiger partial charge in [0.05, 0.1) is 5.69 Å². The molecule has 6 heteroatoms. The van der Waals surface area contributed by atoms with Gasteiger partial charge in [-0.3, -0.25) is 0 Å². The van der Waals surface area contributed by atoms with Crippen LogP contribution in [-0.2, 0) is 11.8 Å². The normalized spacial score (nSPS) is 34.5. The molecule has 2 bridgehead atoms. The first-order valence-electron chi connectivity index (χ1n) is 6.29. The van der Waals surface area contributed by atoms with Crippen LogP contribution in [0, 0.1) is 0 Å². The summed E-state index contributed by atoms with van der Waals surface area (Å²) in [5.41, 5.74) is -1.96. The second kappa shape index (κ2) is 4.38. The second-order valence-electron chi connectivity index (χ2n) is 5.30. The SMILES string of the molecule is OC1(c2cccc(C(F)(F)F)n2)CC2CCC(C1)S2. The molecule has 2 saturated heterocycles. The van der Waals surface area contributed by atoms with Gasteiger partial charge in [0.15, 0.2) is 0 Å². The van der Waals surface area contributed by atoms with Crippen LogP contribution >= 0.6 is 11.8 Å². The zero-order chi connectivity index (χ0) is 13.7. The summed E-state index contributed by atoms with van der Waals surface area (Å²) in [4.78, 5) is 3.65. The number of alkyl halides is 3. The van der Waals surface area contributed by atoms with Crippen LogP contribution in [0.5, 0.6) is 0 Å². The van der Waals surface area contributed by atoms with Crippen molar-refractivity contribution in [3.05, 3.63) is 29.6 Å². The quantitative estimate of drug-likeness (QED) is 0.860. The van der Waals surface area contributed by atoms with E-state index in [2.05, 4.69) is 4.98 Å². The van der Waals surface area contributed by atoms with Gasteiger partial charge in [0.1, 0.15) is 11.3 Å². The molecule has 2 atom stereocenters. The second-order valence-corrected chi connectivity index (χ2v) is 6.91. The summed E-state index contributed by atoms with van der Waals surface area (Å²) >= 11 is 1.85.